The van der Waals surface area contributed by atoms with Crippen molar-refractivity contribution in [3.8, 4) is 16.9 Å². The minimum atomic E-state index is 0.0849. The minimum Gasteiger partial charge on any atom is -0.490 e. The van der Waals surface area contributed by atoms with Crippen LogP contribution in [0.2, 0.25) is 0 Å². The van der Waals surface area contributed by atoms with Gasteiger partial charge in [-0.2, -0.15) is 5.10 Å². The van der Waals surface area contributed by atoms with Crippen molar-refractivity contribution in [1.29, 1.82) is 0 Å². The molecule has 0 bridgehead atoms. The van der Waals surface area contributed by atoms with E-state index in [1.165, 1.54) is 32.1 Å². The normalized spacial score (nSPS) is 16.5. The molecule has 1 saturated carbocycles. The Labute approximate surface area is 160 Å². The van der Waals surface area contributed by atoms with E-state index in [2.05, 4.69) is 27.3 Å². The number of ether oxygens (including phenoxy) is 1. The molecule has 1 aliphatic rings. The number of fused-ring (bicyclic) bond motifs is 1. The zero-order valence-corrected chi connectivity index (χ0v) is 15.9. The Morgan fingerprint density at radius 1 is 1.15 bits per heavy atom. The summed E-state index contributed by atoms with van der Waals surface area (Å²) in [4.78, 5) is 4.36. The second kappa shape index (κ2) is 8.09. The molecule has 142 valence electrons. The zero-order chi connectivity index (χ0) is 18.6. The predicted molar refractivity (Wildman–Crippen MR) is 109 cm³/mol. The number of aromatic nitrogens is 3. The van der Waals surface area contributed by atoms with E-state index in [4.69, 9.17) is 10.5 Å². The maximum atomic E-state index is 6.31. The first-order chi connectivity index (χ1) is 13.2. The van der Waals surface area contributed by atoms with Gasteiger partial charge in [0.15, 0.2) is 0 Å². The van der Waals surface area contributed by atoms with Crippen molar-refractivity contribution in [1.82, 2.24) is 15.2 Å². The van der Waals surface area contributed by atoms with Crippen LogP contribution < -0.4 is 10.5 Å². The van der Waals surface area contributed by atoms with Crippen LogP contribution in [0.4, 0.5) is 0 Å². The second-order valence-electron chi connectivity index (χ2n) is 7.80. The molecule has 0 amide bonds. The van der Waals surface area contributed by atoms with E-state index in [-0.39, 0.29) is 6.04 Å². The maximum absolute atomic E-state index is 6.31. The maximum Gasteiger partial charge on any atom is 0.138 e. The van der Waals surface area contributed by atoms with Gasteiger partial charge in [-0.1, -0.05) is 38.2 Å². The van der Waals surface area contributed by atoms with Gasteiger partial charge < -0.3 is 10.5 Å². The summed E-state index contributed by atoms with van der Waals surface area (Å²) in [5.41, 5.74) is 10.5. The highest BCUT2D eigenvalue weighted by Gasteiger charge is 2.17. The van der Waals surface area contributed by atoms with Crippen LogP contribution in [0.5, 0.6) is 5.75 Å². The molecule has 2 aromatic heterocycles. The molecule has 1 aliphatic carbocycles. The summed E-state index contributed by atoms with van der Waals surface area (Å²) in [5.74, 6) is 1.54. The van der Waals surface area contributed by atoms with Gasteiger partial charge in [0.1, 0.15) is 12.4 Å². The molecule has 3 aromatic rings. The molecule has 0 spiro atoms. The van der Waals surface area contributed by atoms with Crippen molar-refractivity contribution >= 4 is 10.9 Å². The molecule has 5 heteroatoms. The number of aryl methyl sites for hydroxylation is 1. The third kappa shape index (κ3) is 4.30. The van der Waals surface area contributed by atoms with Crippen molar-refractivity contribution in [2.24, 2.45) is 11.7 Å². The topological polar surface area (TPSA) is 76.8 Å². The van der Waals surface area contributed by atoms with E-state index in [1.54, 1.807) is 6.20 Å². The summed E-state index contributed by atoms with van der Waals surface area (Å²) in [6, 6.07) is 8.36. The molecule has 0 radical (unpaired) electrons. The van der Waals surface area contributed by atoms with Gasteiger partial charge in [0.05, 0.1) is 11.7 Å². The van der Waals surface area contributed by atoms with Crippen LogP contribution in [0.25, 0.3) is 22.0 Å². The number of aromatic amines is 1. The third-order valence-electron chi connectivity index (χ3n) is 5.62. The molecular formula is C22H28N4O. The molecule has 4 rings (SSSR count). The summed E-state index contributed by atoms with van der Waals surface area (Å²) in [7, 11) is 0. The highest BCUT2D eigenvalue weighted by Crippen LogP contribution is 2.28. The molecule has 0 unspecified atom stereocenters. The predicted octanol–water partition coefficient (Wildman–Crippen LogP) is 4.61. The van der Waals surface area contributed by atoms with Crippen LogP contribution >= 0.6 is 0 Å². The summed E-state index contributed by atoms with van der Waals surface area (Å²) in [6.45, 7) is 2.58. The van der Waals surface area contributed by atoms with Crippen molar-refractivity contribution < 1.29 is 4.74 Å². The lowest BCUT2D eigenvalue weighted by Gasteiger charge is -2.24. The van der Waals surface area contributed by atoms with E-state index in [1.807, 2.05) is 25.3 Å². The van der Waals surface area contributed by atoms with Gasteiger partial charge in [-0.15, -0.1) is 0 Å². The molecule has 3 N–H and O–H groups in total. The Hall–Kier alpha value is -2.40. The first-order valence-electron chi connectivity index (χ1n) is 9.97. The highest BCUT2D eigenvalue weighted by atomic mass is 16.5. The number of benzene rings is 1. The molecule has 1 atom stereocenters. The van der Waals surface area contributed by atoms with Crippen LogP contribution in [0.15, 0.2) is 36.7 Å². The first kappa shape index (κ1) is 18.0. The van der Waals surface area contributed by atoms with Crippen LogP contribution in [0.1, 0.15) is 44.2 Å². The van der Waals surface area contributed by atoms with Crippen molar-refractivity contribution in [2.45, 2.75) is 51.5 Å². The van der Waals surface area contributed by atoms with Crippen molar-refractivity contribution in [2.75, 3.05) is 6.61 Å². The fourth-order valence-corrected chi connectivity index (χ4v) is 4.10. The summed E-state index contributed by atoms with van der Waals surface area (Å²) >= 11 is 0. The highest BCUT2D eigenvalue weighted by molar-refractivity contribution is 5.86. The molecule has 2 heterocycles. The summed E-state index contributed by atoms with van der Waals surface area (Å²) in [5, 5.41) is 8.45. The number of pyridine rings is 1. The van der Waals surface area contributed by atoms with Gasteiger partial charge in [0, 0.05) is 28.9 Å². The van der Waals surface area contributed by atoms with Gasteiger partial charge in [-0.05, 0) is 43.0 Å². The third-order valence-corrected chi connectivity index (χ3v) is 5.62. The fourth-order valence-electron chi connectivity index (χ4n) is 4.10. The van der Waals surface area contributed by atoms with E-state index < -0.39 is 0 Å². The first-order valence-corrected chi connectivity index (χ1v) is 9.97. The van der Waals surface area contributed by atoms with Gasteiger partial charge in [-0.3, -0.25) is 10.1 Å². The Morgan fingerprint density at radius 3 is 2.85 bits per heavy atom. The minimum absolute atomic E-state index is 0.0849. The average Bonchev–Trinajstić information content (AvgIpc) is 3.08. The molecule has 27 heavy (non-hydrogen) atoms. The van der Waals surface area contributed by atoms with Crippen LogP contribution in [-0.2, 0) is 0 Å². The van der Waals surface area contributed by atoms with Crippen LogP contribution in [0.3, 0.4) is 0 Å². The molecule has 1 fully saturated rings. The quantitative estimate of drug-likeness (QED) is 0.669. The van der Waals surface area contributed by atoms with Crippen LogP contribution in [-0.4, -0.2) is 27.8 Å². The SMILES string of the molecule is Cc1[nH]nc2ccc(-c3cncc(OC[C@@H](N)CC4CCCCC4)c3)cc12. The number of nitrogens with one attached hydrogen (secondary N) is 1. The average molecular weight is 364 g/mol. The second-order valence-corrected chi connectivity index (χ2v) is 7.80. The van der Waals surface area contributed by atoms with Gasteiger partial charge in [-0.25, -0.2) is 0 Å². The van der Waals surface area contributed by atoms with Gasteiger partial charge in [0.25, 0.3) is 0 Å². The van der Waals surface area contributed by atoms with Gasteiger partial charge >= 0.3 is 0 Å². The monoisotopic (exact) mass is 364 g/mol. The fraction of sp³-hybridized carbons (Fsp3) is 0.455. The van der Waals surface area contributed by atoms with Crippen LogP contribution in [0, 0.1) is 12.8 Å². The Balaban J connectivity index is 1.41. The number of hydrogen-bond donors (Lipinski definition) is 2. The largest absolute Gasteiger partial charge is 0.490 e. The zero-order valence-electron chi connectivity index (χ0n) is 15.9. The lowest BCUT2D eigenvalue weighted by molar-refractivity contribution is 0.243. The number of hydrogen-bond acceptors (Lipinski definition) is 4. The van der Waals surface area contributed by atoms with Crippen molar-refractivity contribution in [3.05, 3.63) is 42.4 Å². The molecule has 5 nitrogen and oxygen atoms in total. The number of nitrogens with two attached hydrogens (primary N) is 1. The smallest absolute Gasteiger partial charge is 0.138 e. The lowest BCUT2D eigenvalue weighted by atomic mass is 9.85. The summed E-state index contributed by atoms with van der Waals surface area (Å²) in [6.07, 6.45) is 11.4. The summed E-state index contributed by atoms with van der Waals surface area (Å²) < 4.78 is 5.96. The number of H-pyrrole nitrogens is 1. The van der Waals surface area contributed by atoms with E-state index in [0.29, 0.717) is 6.61 Å². The van der Waals surface area contributed by atoms with Gasteiger partial charge in [0.2, 0.25) is 0 Å². The molecular weight excluding hydrogens is 336 g/mol. The molecule has 0 aliphatic heterocycles. The lowest BCUT2D eigenvalue weighted by Crippen LogP contribution is -2.31. The Morgan fingerprint density at radius 2 is 2.00 bits per heavy atom. The Kier molecular flexibility index (Phi) is 5.39. The standard InChI is InChI=1S/C22H28N4O/c1-15-21-11-17(7-8-22(21)26-25-15)18-10-20(13-24-12-18)27-14-19(23)9-16-5-3-2-4-6-16/h7-8,10-13,16,19H,2-6,9,14,23H2,1H3,(H,25,26)/t19-/m0/s1. The van der Waals surface area contributed by atoms with Crippen molar-refractivity contribution in [3.63, 3.8) is 0 Å². The van der Waals surface area contributed by atoms with E-state index >= 15 is 0 Å². The van der Waals surface area contributed by atoms with E-state index in [0.717, 1.165) is 45.8 Å². The number of nitrogens with zero attached hydrogens (tertiary/aromatic N) is 2. The molecule has 1 aromatic carbocycles. The molecule has 0 saturated heterocycles. The number of rotatable bonds is 6. The van der Waals surface area contributed by atoms with E-state index in [9.17, 15) is 0 Å². The Bertz CT molecular complexity index is 898.